The van der Waals surface area contributed by atoms with E-state index in [1.807, 2.05) is 6.92 Å². The van der Waals surface area contributed by atoms with Gasteiger partial charge in [0.1, 0.15) is 5.82 Å². The second kappa shape index (κ2) is 6.93. The lowest BCUT2D eigenvalue weighted by Crippen LogP contribution is -2.16. The van der Waals surface area contributed by atoms with Crippen molar-refractivity contribution in [3.05, 3.63) is 57.4 Å². The van der Waals surface area contributed by atoms with E-state index in [4.69, 9.17) is 0 Å². The van der Waals surface area contributed by atoms with Crippen LogP contribution in [0.1, 0.15) is 49.9 Å². The van der Waals surface area contributed by atoms with E-state index < -0.39 is 11.9 Å². The molecule has 0 amide bonds. The average molecular weight is 345 g/mol. The Balaban J connectivity index is 2.78. The molecule has 0 saturated carbocycles. The van der Waals surface area contributed by atoms with Crippen LogP contribution in [0.4, 0.5) is 15.8 Å². The molecule has 132 valence electrons. The second-order valence-electron chi connectivity index (χ2n) is 5.90. The van der Waals surface area contributed by atoms with Gasteiger partial charge in [0.25, 0.3) is 0 Å². The van der Waals surface area contributed by atoms with Gasteiger partial charge in [0.05, 0.1) is 16.8 Å². The molecule has 5 nitrogen and oxygen atoms in total. The van der Waals surface area contributed by atoms with Crippen molar-refractivity contribution in [2.75, 3.05) is 5.32 Å². The van der Waals surface area contributed by atoms with Gasteiger partial charge in [0, 0.05) is 5.69 Å². The largest absolute Gasteiger partial charge is 0.478 e. The van der Waals surface area contributed by atoms with E-state index in [0.29, 0.717) is 34.5 Å². The summed E-state index contributed by atoms with van der Waals surface area (Å²) in [5.41, 5.74) is 2.80. The Kier molecular flexibility index (Phi) is 5.11. The van der Waals surface area contributed by atoms with Crippen LogP contribution in [-0.4, -0.2) is 22.2 Å². The van der Waals surface area contributed by atoms with Crippen LogP contribution in [0, 0.1) is 26.6 Å². The molecule has 0 unspecified atom stereocenters. The van der Waals surface area contributed by atoms with Crippen molar-refractivity contribution in [2.45, 2.75) is 34.1 Å². The molecule has 0 spiro atoms. The Hall–Kier alpha value is -2.89. The molecular formula is C19H20FNO4. The molecule has 25 heavy (non-hydrogen) atoms. The third-order valence-corrected chi connectivity index (χ3v) is 4.36. The Morgan fingerprint density at radius 2 is 1.64 bits per heavy atom. The highest BCUT2D eigenvalue weighted by molar-refractivity contribution is 6.03. The molecule has 0 aromatic heterocycles. The summed E-state index contributed by atoms with van der Waals surface area (Å²) >= 11 is 0. The monoisotopic (exact) mass is 345 g/mol. The topological polar surface area (TPSA) is 86.6 Å². The van der Waals surface area contributed by atoms with Crippen molar-refractivity contribution >= 4 is 23.3 Å². The zero-order valence-corrected chi connectivity index (χ0v) is 14.5. The third kappa shape index (κ3) is 3.33. The Morgan fingerprint density at radius 1 is 1.04 bits per heavy atom. The molecule has 0 fully saturated rings. The van der Waals surface area contributed by atoms with Gasteiger partial charge in [-0.15, -0.1) is 0 Å². The second-order valence-corrected chi connectivity index (χ2v) is 5.90. The fourth-order valence-electron chi connectivity index (χ4n) is 3.12. The highest BCUT2D eigenvalue weighted by Gasteiger charge is 2.26. The van der Waals surface area contributed by atoms with Crippen LogP contribution in [0.15, 0.2) is 18.2 Å². The number of aryl methyl sites for hydroxylation is 1. The summed E-state index contributed by atoms with van der Waals surface area (Å²) in [6.45, 7) is 6.72. The van der Waals surface area contributed by atoms with Gasteiger partial charge in [-0.1, -0.05) is 6.92 Å². The zero-order chi connectivity index (χ0) is 18.9. The normalized spacial score (nSPS) is 10.6. The van der Waals surface area contributed by atoms with E-state index in [9.17, 15) is 24.2 Å². The number of nitrogens with one attached hydrogen (secondary N) is 1. The van der Waals surface area contributed by atoms with Gasteiger partial charge in [-0.3, -0.25) is 0 Å². The smallest absolute Gasteiger partial charge is 0.338 e. The maximum absolute atomic E-state index is 13.3. The molecule has 0 atom stereocenters. The molecule has 0 aliphatic rings. The van der Waals surface area contributed by atoms with Crippen molar-refractivity contribution in [1.82, 2.24) is 0 Å². The van der Waals surface area contributed by atoms with Crippen LogP contribution in [-0.2, 0) is 6.42 Å². The van der Waals surface area contributed by atoms with E-state index in [2.05, 4.69) is 5.32 Å². The Labute approximate surface area is 145 Å². The number of carbonyl (C=O) groups is 2. The predicted molar refractivity (Wildman–Crippen MR) is 93.6 cm³/mol. The van der Waals surface area contributed by atoms with Gasteiger partial charge in [0.15, 0.2) is 0 Å². The average Bonchev–Trinajstić information content (AvgIpc) is 2.51. The highest BCUT2D eigenvalue weighted by atomic mass is 19.1. The number of carboxylic acids is 2. The number of carboxylic acid groups (broad SMARTS) is 2. The number of benzene rings is 2. The lowest BCUT2D eigenvalue weighted by atomic mass is 9.89. The number of halogens is 1. The molecule has 0 aliphatic carbocycles. The Morgan fingerprint density at radius 3 is 2.12 bits per heavy atom. The van der Waals surface area contributed by atoms with Crippen LogP contribution in [0.25, 0.3) is 0 Å². The molecule has 0 saturated heterocycles. The van der Waals surface area contributed by atoms with Gasteiger partial charge >= 0.3 is 11.9 Å². The first-order chi connectivity index (χ1) is 11.7. The molecule has 2 aromatic carbocycles. The van der Waals surface area contributed by atoms with Crippen molar-refractivity contribution in [1.29, 1.82) is 0 Å². The van der Waals surface area contributed by atoms with Gasteiger partial charge in [-0.05, 0) is 67.6 Å². The lowest BCUT2D eigenvalue weighted by molar-refractivity contribution is 0.0695. The van der Waals surface area contributed by atoms with E-state index in [1.54, 1.807) is 13.8 Å². The van der Waals surface area contributed by atoms with Gasteiger partial charge in [0.2, 0.25) is 0 Å². The summed E-state index contributed by atoms with van der Waals surface area (Å²) < 4.78 is 13.3. The quantitative estimate of drug-likeness (QED) is 0.745. The van der Waals surface area contributed by atoms with Crippen LogP contribution < -0.4 is 5.32 Å². The standard InChI is InChI=1S/C19H20FNO4/c1-5-13-10(3)17(21-14-7-6-12(20)8-9(14)2)16(19(24)25)11(4)15(13)18(22)23/h6-8,21H,5H2,1-4H3,(H,22,23)(H,24,25). The molecule has 0 aliphatic heterocycles. The first-order valence-electron chi connectivity index (χ1n) is 7.84. The van der Waals surface area contributed by atoms with E-state index >= 15 is 0 Å². The fraction of sp³-hybridized carbons (Fsp3) is 0.263. The molecule has 0 radical (unpaired) electrons. The summed E-state index contributed by atoms with van der Waals surface area (Å²) in [4.78, 5) is 23.4. The lowest BCUT2D eigenvalue weighted by Gasteiger charge is -2.21. The van der Waals surface area contributed by atoms with Crippen LogP contribution in [0.5, 0.6) is 0 Å². The van der Waals surface area contributed by atoms with Crippen LogP contribution in [0.2, 0.25) is 0 Å². The summed E-state index contributed by atoms with van der Waals surface area (Å²) in [6.07, 6.45) is 0.450. The number of hydrogen-bond donors (Lipinski definition) is 3. The molecule has 2 aromatic rings. The molecular weight excluding hydrogens is 325 g/mol. The molecule has 0 bridgehead atoms. The van der Waals surface area contributed by atoms with Crippen molar-refractivity contribution in [2.24, 2.45) is 0 Å². The predicted octanol–water partition coefficient (Wildman–Crippen LogP) is 4.45. The van der Waals surface area contributed by atoms with Gasteiger partial charge in [-0.2, -0.15) is 0 Å². The third-order valence-electron chi connectivity index (χ3n) is 4.36. The summed E-state index contributed by atoms with van der Waals surface area (Å²) in [5.74, 6) is -2.75. The van der Waals surface area contributed by atoms with Crippen molar-refractivity contribution in [3.63, 3.8) is 0 Å². The van der Waals surface area contributed by atoms with E-state index in [-0.39, 0.29) is 22.5 Å². The number of hydrogen-bond acceptors (Lipinski definition) is 3. The molecule has 0 heterocycles. The molecule has 6 heteroatoms. The van der Waals surface area contributed by atoms with E-state index in [1.165, 1.54) is 25.1 Å². The minimum Gasteiger partial charge on any atom is -0.478 e. The maximum Gasteiger partial charge on any atom is 0.338 e. The summed E-state index contributed by atoms with van der Waals surface area (Å²) in [7, 11) is 0. The summed E-state index contributed by atoms with van der Waals surface area (Å²) in [6, 6.07) is 4.16. The SMILES string of the molecule is CCc1c(C)c(Nc2ccc(F)cc2C)c(C(=O)O)c(C)c1C(=O)O. The first-order valence-corrected chi connectivity index (χ1v) is 7.84. The summed E-state index contributed by atoms with van der Waals surface area (Å²) in [5, 5.41) is 22.2. The Bertz CT molecular complexity index is 874. The number of aromatic carboxylic acids is 2. The minimum atomic E-state index is -1.21. The maximum atomic E-state index is 13.3. The van der Waals surface area contributed by atoms with E-state index in [0.717, 1.165) is 0 Å². The number of rotatable bonds is 5. The van der Waals surface area contributed by atoms with Crippen molar-refractivity contribution in [3.8, 4) is 0 Å². The minimum absolute atomic E-state index is 0.0266. The zero-order valence-electron chi connectivity index (χ0n) is 14.5. The number of anilines is 2. The first kappa shape index (κ1) is 18.4. The molecule has 3 N–H and O–H groups in total. The molecule has 2 rings (SSSR count). The van der Waals surface area contributed by atoms with Crippen molar-refractivity contribution < 1.29 is 24.2 Å². The highest BCUT2D eigenvalue weighted by Crippen LogP contribution is 2.35. The van der Waals surface area contributed by atoms with Gasteiger partial charge < -0.3 is 15.5 Å². The van der Waals surface area contributed by atoms with Crippen LogP contribution in [0.3, 0.4) is 0 Å². The van der Waals surface area contributed by atoms with Crippen LogP contribution >= 0.6 is 0 Å². The van der Waals surface area contributed by atoms with Gasteiger partial charge in [-0.25, -0.2) is 14.0 Å². The fourth-order valence-corrected chi connectivity index (χ4v) is 3.12.